The van der Waals surface area contributed by atoms with Gasteiger partial charge in [0, 0.05) is 45.6 Å². The van der Waals surface area contributed by atoms with Gasteiger partial charge in [-0.15, -0.1) is 0 Å². The van der Waals surface area contributed by atoms with E-state index in [1.54, 1.807) is 0 Å². The van der Waals surface area contributed by atoms with Crippen molar-refractivity contribution >= 4 is 0 Å². The lowest BCUT2D eigenvalue weighted by atomic mass is 9.93. The average molecular weight is 241 g/mol. The highest BCUT2D eigenvalue weighted by molar-refractivity contribution is 5.03. The normalized spacial score (nSPS) is 19.4. The van der Waals surface area contributed by atoms with Crippen molar-refractivity contribution in [2.75, 3.05) is 26.4 Å². The van der Waals surface area contributed by atoms with Crippen LogP contribution in [-0.4, -0.2) is 36.5 Å². The van der Waals surface area contributed by atoms with Crippen molar-refractivity contribution in [3.8, 4) is 0 Å². The van der Waals surface area contributed by atoms with E-state index in [2.05, 4.69) is 10.1 Å². The van der Waals surface area contributed by atoms with E-state index in [0.29, 0.717) is 44.5 Å². The molecule has 1 aliphatic rings. The molecule has 0 saturated carbocycles. The first kappa shape index (κ1) is 12.5. The first-order valence-corrected chi connectivity index (χ1v) is 6.05. The third kappa shape index (κ3) is 2.65. The molecular weight excluding hydrogens is 222 g/mol. The van der Waals surface area contributed by atoms with Gasteiger partial charge in [-0.2, -0.15) is 4.98 Å². The Bertz CT molecular complexity index is 342. The molecule has 1 fully saturated rings. The fourth-order valence-electron chi connectivity index (χ4n) is 2.07. The second-order valence-corrected chi connectivity index (χ2v) is 4.09. The largest absolute Gasteiger partial charge is 0.381 e. The molecule has 0 amide bonds. The summed E-state index contributed by atoms with van der Waals surface area (Å²) in [6.45, 7) is 4.44. The maximum absolute atomic E-state index is 5.85. The Labute approximate surface area is 100 Å². The molecule has 1 aromatic heterocycles. The zero-order valence-corrected chi connectivity index (χ0v) is 10.1. The Hall–Kier alpha value is -0.980. The quantitative estimate of drug-likeness (QED) is 0.813. The molecule has 2 N–H and O–H groups in total. The summed E-state index contributed by atoms with van der Waals surface area (Å²) in [6.07, 6.45) is 2.14. The molecule has 1 saturated heterocycles. The lowest BCUT2D eigenvalue weighted by Gasteiger charge is -2.33. The second-order valence-electron chi connectivity index (χ2n) is 4.09. The summed E-state index contributed by atoms with van der Waals surface area (Å²) in [4.78, 5) is 4.38. The summed E-state index contributed by atoms with van der Waals surface area (Å²) in [7, 11) is 0. The molecule has 0 atom stereocenters. The predicted octanol–water partition coefficient (Wildman–Crippen LogP) is 0.613. The zero-order chi connectivity index (χ0) is 12.1. The van der Waals surface area contributed by atoms with Gasteiger partial charge in [-0.25, -0.2) is 0 Å². The van der Waals surface area contributed by atoms with Crippen molar-refractivity contribution in [3.05, 3.63) is 11.7 Å². The number of nitrogens with zero attached hydrogens (tertiary/aromatic N) is 2. The second kappa shape index (κ2) is 5.57. The molecule has 1 aromatic rings. The van der Waals surface area contributed by atoms with Gasteiger partial charge in [0.15, 0.2) is 0 Å². The van der Waals surface area contributed by atoms with Crippen molar-refractivity contribution in [1.82, 2.24) is 10.1 Å². The Morgan fingerprint density at radius 3 is 2.82 bits per heavy atom. The topological polar surface area (TPSA) is 83.4 Å². The molecule has 6 heteroatoms. The van der Waals surface area contributed by atoms with E-state index in [1.165, 1.54) is 0 Å². The van der Waals surface area contributed by atoms with Gasteiger partial charge in [0.1, 0.15) is 5.60 Å². The number of hydrogen-bond donors (Lipinski definition) is 1. The number of nitrogens with two attached hydrogens (primary N) is 1. The molecule has 6 nitrogen and oxygen atoms in total. The van der Waals surface area contributed by atoms with Crippen molar-refractivity contribution in [1.29, 1.82) is 0 Å². The van der Waals surface area contributed by atoms with E-state index >= 15 is 0 Å². The first-order valence-electron chi connectivity index (χ1n) is 6.05. The molecule has 0 unspecified atom stereocenters. The van der Waals surface area contributed by atoms with Gasteiger partial charge in [0.25, 0.3) is 0 Å². The molecular formula is C11H19N3O3. The van der Waals surface area contributed by atoms with E-state index < -0.39 is 5.60 Å². The molecule has 2 rings (SSSR count). The number of aromatic nitrogens is 2. The van der Waals surface area contributed by atoms with Gasteiger partial charge in [-0.3, -0.25) is 0 Å². The maximum atomic E-state index is 5.85. The van der Waals surface area contributed by atoms with Crippen LogP contribution in [0.5, 0.6) is 0 Å². The van der Waals surface area contributed by atoms with Gasteiger partial charge in [0.2, 0.25) is 11.7 Å². The SMILES string of the molecule is CCOC1(c2noc(CCN)n2)CCOCC1. The van der Waals surface area contributed by atoms with Crippen LogP contribution in [0.25, 0.3) is 0 Å². The van der Waals surface area contributed by atoms with Crippen LogP contribution < -0.4 is 5.73 Å². The van der Waals surface area contributed by atoms with E-state index in [-0.39, 0.29) is 0 Å². The lowest BCUT2D eigenvalue weighted by Crippen LogP contribution is -2.37. The van der Waals surface area contributed by atoms with Crippen LogP contribution in [0.4, 0.5) is 0 Å². The van der Waals surface area contributed by atoms with Gasteiger partial charge in [-0.1, -0.05) is 5.16 Å². The molecule has 2 heterocycles. The van der Waals surface area contributed by atoms with E-state index in [4.69, 9.17) is 19.7 Å². The van der Waals surface area contributed by atoms with Crippen LogP contribution >= 0.6 is 0 Å². The highest BCUT2D eigenvalue weighted by Crippen LogP contribution is 2.34. The average Bonchev–Trinajstić information content (AvgIpc) is 2.80. The van der Waals surface area contributed by atoms with E-state index in [1.807, 2.05) is 6.92 Å². The molecule has 0 bridgehead atoms. The van der Waals surface area contributed by atoms with Crippen molar-refractivity contribution in [3.63, 3.8) is 0 Å². The summed E-state index contributed by atoms with van der Waals surface area (Å²) < 4.78 is 16.4. The third-order valence-electron chi connectivity index (χ3n) is 2.95. The molecule has 0 spiro atoms. The Morgan fingerprint density at radius 2 is 2.18 bits per heavy atom. The minimum absolute atomic E-state index is 0.441. The van der Waals surface area contributed by atoms with Crippen molar-refractivity contribution in [2.24, 2.45) is 5.73 Å². The van der Waals surface area contributed by atoms with E-state index in [9.17, 15) is 0 Å². The zero-order valence-electron chi connectivity index (χ0n) is 10.1. The number of hydrogen-bond acceptors (Lipinski definition) is 6. The maximum Gasteiger partial charge on any atom is 0.228 e. The summed E-state index contributed by atoms with van der Waals surface area (Å²) in [5, 5.41) is 4.03. The molecule has 0 aromatic carbocycles. The lowest BCUT2D eigenvalue weighted by molar-refractivity contribution is -0.118. The van der Waals surface area contributed by atoms with Gasteiger partial charge in [-0.05, 0) is 6.92 Å². The van der Waals surface area contributed by atoms with Crippen LogP contribution in [0, 0.1) is 0 Å². The summed E-state index contributed by atoms with van der Waals surface area (Å²) in [6, 6.07) is 0. The molecule has 96 valence electrons. The van der Waals surface area contributed by atoms with Crippen molar-refractivity contribution in [2.45, 2.75) is 31.8 Å². The van der Waals surface area contributed by atoms with Crippen LogP contribution in [0.1, 0.15) is 31.5 Å². The fourth-order valence-corrected chi connectivity index (χ4v) is 2.07. The molecule has 1 aliphatic heterocycles. The Balaban J connectivity index is 2.18. The van der Waals surface area contributed by atoms with Gasteiger partial charge >= 0.3 is 0 Å². The highest BCUT2D eigenvalue weighted by atomic mass is 16.5. The van der Waals surface area contributed by atoms with Crippen LogP contribution in [-0.2, 0) is 21.5 Å². The Kier molecular flexibility index (Phi) is 4.09. The van der Waals surface area contributed by atoms with Crippen molar-refractivity contribution < 1.29 is 14.0 Å². The predicted molar refractivity (Wildman–Crippen MR) is 60.4 cm³/mol. The highest BCUT2D eigenvalue weighted by Gasteiger charge is 2.39. The molecule has 0 aliphatic carbocycles. The van der Waals surface area contributed by atoms with E-state index in [0.717, 1.165) is 12.8 Å². The van der Waals surface area contributed by atoms with Crippen LogP contribution in [0.3, 0.4) is 0 Å². The number of ether oxygens (including phenoxy) is 2. The van der Waals surface area contributed by atoms with Gasteiger partial charge < -0.3 is 19.7 Å². The van der Waals surface area contributed by atoms with Gasteiger partial charge in [0.05, 0.1) is 0 Å². The monoisotopic (exact) mass is 241 g/mol. The summed E-state index contributed by atoms with van der Waals surface area (Å²) in [5.74, 6) is 1.21. The minimum atomic E-state index is -0.441. The van der Waals surface area contributed by atoms with Crippen LogP contribution in [0.2, 0.25) is 0 Å². The summed E-state index contributed by atoms with van der Waals surface area (Å²) in [5.41, 5.74) is 5.02. The molecule has 17 heavy (non-hydrogen) atoms. The molecule has 0 radical (unpaired) electrons. The Morgan fingerprint density at radius 1 is 1.41 bits per heavy atom. The third-order valence-corrected chi connectivity index (χ3v) is 2.95. The standard InChI is InChI=1S/C11H19N3O3/c1-2-16-11(4-7-15-8-5-11)10-13-9(3-6-12)17-14-10/h2-8,12H2,1H3. The first-order chi connectivity index (χ1) is 8.30. The number of rotatable bonds is 5. The fraction of sp³-hybridized carbons (Fsp3) is 0.818. The summed E-state index contributed by atoms with van der Waals surface area (Å²) >= 11 is 0. The minimum Gasteiger partial charge on any atom is -0.381 e. The van der Waals surface area contributed by atoms with Crippen LogP contribution in [0.15, 0.2) is 4.52 Å². The smallest absolute Gasteiger partial charge is 0.228 e.